The van der Waals surface area contributed by atoms with Crippen LogP contribution < -0.4 is 4.90 Å². The summed E-state index contributed by atoms with van der Waals surface area (Å²) >= 11 is 0. The average molecular weight is 353 g/mol. The van der Waals surface area contributed by atoms with Crippen molar-refractivity contribution in [2.24, 2.45) is 0 Å². The number of para-hydroxylation sites is 1. The van der Waals surface area contributed by atoms with E-state index in [0.717, 1.165) is 11.1 Å². The highest BCUT2D eigenvalue weighted by atomic mass is 15.4. The van der Waals surface area contributed by atoms with Gasteiger partial charge in [-0.15, -0.1) is 0 Å². The fraction of sp³-hybridized carbons (Fsp3) is 0.200. The van der Waals surface area contributed by atoms with Gasteiger partial charge in [-0.25, -0.2) is 0 Å². The second kappa shape index (κ2) is 6.02. The van der Waals surface area contributed by atoms with Gasteiger partial charge in [-0.3, -0.25) is 0 Å². The van der Waals surface area contributed by atoms with Crippen LogP contribution in [0.25, 0.3) is 5.70 Å². The maximum absolute atomic E-state index is 9.72. The van der Waals surface area contributed by atoms with Crippen LogP contribution in [0.1, 0.15) is 43.5 Å². The van der Waals surface area contributed by atoms with Crippen molar-refractivity contribution < 1.29 is 1.37 Å². The van der Waals surface area contributed by atoms with Crippen molar-refractivity contribution in [3.05, 3.63) is 107 Å². The molecule has 0 saturated heterocycles. The minimum Gasteiger partial charge on any atom is -0.338 e. The first-order valence-corrected chi connectivity index (χ1v) is 9.55. The van der Waals surface area contributed by atoms with E-state index in [1.54, 1.807) is 0 Å². The lowest BCUT2D eigenvalue weighted by Crippen LogP contribution is -2.38. The Bertz CT molecular complexity index is 1090. The van der Waals surface area contributed by atoms with Crippen LogP contribution in [0.5, 0.6) is 0 Å². The summed E-state index contributed by atoms with van der Waals surface area (Å²) in [5.74, 6) is 0. The number of anilines is 1. The van der Waals surface area contributed by atoms with Crippen molar-refractivity contribution in [1.29, 1.82) is 0 Å². The van der Waals surface area contributed by atoms with Gasteiger partial charge in [0.25, 0.3) is 0 Å². The summed E-state index contributed by atoms with van der Waals surface area (Å²) in [5, 5.41) is 0. The molecule has 2 nitrogen and oxygen atoms in total. The lowest BCUT2D eigenvalue weighted by atomic mass is 9.97. The highest BCUT2D eigenvalue weighted by Gasteiger charge is 2.45. The molecular weight excluding hydrogens is 328 g/mol. The van der Waals surface area contributed by atoms with Crippen LogP contribution in [-0.4, -0.2) is 11.1 Å². The zero-order chi connectivity index (χ0) is 19.5. The number of benzene rings is 3. The molecule has 0 saturated carbocycles. The van der Waals surface area contributed by atoms with Crippen LogP contribution >= 0.6 is 0 Å². The molecule has 2 atom stereocenters. The summed E-state index contributed by atoms with van der Waals surface area (Å²) in [5.41, 5.74) is 8.07. The first kappa shape index (κ1) is 15.1. The van der Waals surface area contributed by atoms with Gasteiger partial charge in [-0.05, 0) is 43.5 Å². The van der Waals surface area contributed by atoms with E-state index in [4.69, 9.17) is 0 Å². The van der Waals surface area contributed by atoms with E-state index >= 15 is 0 Å². The Morgan fingerprint density at radius 1 is 0.815 bits per heavy atom. The predicted octanol–water partition coefficient (Wildman–Crippen LogP) is 5.95. The van der Waals surface area contributed by atoms with Crippen molar-refractivity contribution in [3.63, 3.8) is 0 Å². The highest BCUT2D eigenvalue weighted by Crippen LogP contribution is 2.52. The molecule has 2 heteroatoms. The Hall–Kier alpha value is -3.00. The molecule has 27 heavy (non-hydrogen) atoms. The molecule has 3 aromatic rings. The van der Waals surface area contributed by atoms with Gasteiger partial charge in [0, 0.05) is 16.9 Å². The lowest BCUT2D eigenvalue weighted by Gasteiger charge is -2.35. The molecule has 2 aliphatic rings. The van der Waals surface area contributed by atoms with Crippen molar-refractivity contribution in [2.75, 3.05) is 4.90 Å². The SMILES string of the molecule is [2H]C1(c2ccccc2)c2ccccc2C2=C(C)N(c3ccccc3C)C(C)N21. The van der Waals surface area contributed by atoms with Gasteiger partial charge in [0.05, 0.1) is 13.1 Å². The molecule has 2 unspecified atom stereocenters. The fourth-order valence-corrected chi connectivity index (χ4v) is 4.63. The maximum atomic E-state index is 9.72. The second-order valence-electron chi connectivity index (χ2n) is 7.35. The third-order valence-corrected chi connectivity index (χ3v) is 5.79. The Morgan fingerprint density at radius 2 is 1.48 bits per heavy atom. The van der Waals surface area contributed by atoms with Gasteiger partial charge >= 0.3 is 0 Å². The molecule has 3 aromatic carbocycles. The van der Waals surface area contributed by atoms with Crippen LogP contribution in [0.4, 0.5) is 5.69 Å². The van der Waals surface area contributed by atoms with Crippen molar-refractivity contribution >= 4 is 11.4 Å². The first-order valence-electron chi connectivity index (χ1n) is 10.1. The third-order valence-electron chi connectivity index (χ3n) is 5.79. The molecule has 134 valence electrons. The highest BCUT2D eigenvalue weighted by molar-refractivity contribution is 5.82. The Morgan fingerprint density at radius 3 is 2.26 bits per heavy atom. The number of aryl methyl sites for hydroxylation is 1. The van der Waals surface area contributed by atoms with E-state index in [-0.39, 0.29) is 6.17 Å². The maximum Gasteiger partial charge on any atom is 0.104 e. The zero-order valence-electron chi connectivity index (χ0n) is 17.0. The number of hydrogen-bond acceptors (Lipinski definition) is 2. The third kappa shape index (κ3) is 2.26. The van der Waals surface area contributed by atoms with Crippen molar-refractivity contribution in [2.45, 2.75) is 33.0 Å². The molecule has 0 aliphatic carbocycles. The quantitative estimate of drug-likeness (QED) is 0.561. The van der Waals surface area contributed by atoms with E-state index < -0.39 is 6.02 Å². The normalized spacial score (nSPS) is 24.1. The van der Waals surface area contributed by atoms with Gasteiger partial charge in [0.2, 0.25) is 0 Å². The monoisotopic (exact) mass is 353 g/mol. The largest absolute Gasteiger partial charge is 0.338 e. The predicted molar refractivity (Wildman–Crippen MR) is 112 cm³/mol. The summed E-state index contributed by atoms with van der Waals surface area (Å²) in [6.45, 7) is 6.55. The number of hydrogen-bond donors (Lipinski definition) is 0. The summed E-state index contributed by atoms with van der Waals surface area (Å²) in [7, 11) is 0. The molecular formula is C25H24N2. The van der Waals surface area contributed by atoms with E-state index in [0.29, 0.717) is 0 Å². The lowest BCUT2D eigenvalue weighted by molar-refractivity contribution is 0.297. The van der Waals surface area contributed by atoms with Gasteiger partial charge in [0.15, 0.2) is 0 Å². The average Bonchev–Trinajstić information content (AvgIpc) is 3.15. The van der Waals surface area contributed by atoms with Crippen LogP contribution in [0.15, 0.2) is 84.6 Å². The van der Waals surface area contributed by atoms with E-state index in [1.807, 2.05) is 24.3 Å². The Kier molecular flexibility index (Phi) is 3.37. The van der Waals surface area contributed by atoms with Gasteiger partial charge in [-0.2, -0.15) is 0 Å². The summed E-state index contributed by atoms with van der Waals surface area (Å²) in [6.07, 6.45) is 0.0428. The molecule has 0 aromatic heterocycles. The van der Waals surface area contributed by atoms with Crippen LogP contribution in [0.3, 0.4) is 0 Å². The van der Waals surface area contributed by atoms with Crippen molar-refractivity contribution in [1.82, 2.24) is 4.90 Å². The second-order valence-corrected chi connectivity index (χ2v) is 7.35. The van der Waals surface area contributed by atoms with E-state index in [1.165, 1.54) is 28.2 Å². The molecule has 0 spiro atoms. The summed E-state index contributed by atoms with van der Waals surface area (Å²) in [4.78, 5) is 4.67. The summed E-state index contributed by atoms with van der Waals surface area (Å²) in [6, 6.07) is 26.2. The molecule has 0 N–H and O–H groups in total. The topological polar surface area (TPSA) is 6.48 Å². The molecule has 0 radical (unpaired) electrons. The number of fused-ring (bicyclic) bond motifs is 3. The van der Waals surface area contributed by atoms with Crippen LogP contribution in [0, 0.1) is 6.92 Å². The molecule has 2 aliphatic heterocycles. The smallest absolute Gasteiger partial charge is 0.104 e. The first-order chi connectivity index (χ1) is 13.5. The van der Waals surface area contributed by atoms with Crippen LogP contribution in [0.2, 0.25) is 0 Å². The van der Waals surface area contributed by atoms with Gasteiger partial charge < -0.3 is 9.80 Å². The molecule has 0 bridgehead atoms. The summed E-state index contributed by atoms with van der Waals surface area (Å²) < 4.78 is 9.72. The minimum atomic E-state index is -0.939. The number of rotatable bonds is 2. The van der Waals surface area contributed by atoms with Gasteiger partial charge in [-0.1, -0.05) is 72.8 Å². The fourth-order valence-electron chi connectivity index (χ4n) is 4.63. The van der Waals surface area contributed by atoms with Crippen LogP contribution in [-0.2, 0) is 0 Å². The van der Waals surface area contributed by atoms with E-state index in [2.05, 4.69) is 85.2 Å². The molecule has 0 fully saturated rings. The number of nitrogens with zero attached hydrogens (tertiary/aromatic N) is 2. The van der Waals surface area contributed by atoms with E-state index in [9.17, 15) is 1.37 Å². The molecule has 2 heterocycles. The molecule has 0 amide bonds. The Balaban J connectivity index is 1.77. The Labute approximate surface area is 162 Å². The number of allylic oxidation sites excluding steroid dienone is 1. The standard InChI is InChI=1S/C25H24N2/c1-17-11-7-10-16-23(17)26-18(2)24-21-14-8-9-15-22(21)25(27(24)19(26)3)20-12-5-4-6-13-20/h4-16,19,25H,1-3H3/i25D. The van der Waals surface area contributed by atoms with Crippen molar-refractivity contribution in [3.8, 4) is 0 Å². The molecule has 5 rings (SSSR count). The zero-order valence-corrected chi connectivity index (χ0v) is 16.0. The minimum absolute atomic E-state index is 0.0428. The van der Waals surface area contributed by atoms with Gasteiger partial charge in [0.1, 0.15) is 6.17 Å².